The Morgan fingerprint density at radius 1 is 1.56 bits per heavy atom. The zero-order chi connectivity index (χ0) is 13.5. The minimum absolute atomic E-state index is 0.0603. The number of nitrogens with one attached hydrogen (secondary N) is 1. The van der Waals surface area contributed by atoms with E-state index in [1.807, 2.05) is 13.8 Å². The van der Waals surface area contributed by atoms with Crippen molar-refractivity contribution < 1.29 is 14.5 Å². The molecule has 0 radical (unpaired) electrons. The van der Waals surface area contributed by atoms with E-state index in [9.17, 15) is 14.9 Å². The van der Waals surface area contributed by atoms with Crippen molar-refractivity contribution in [1.29, 1.82) is 0 Å². The summed E-state index contributed by atoms with van der Waals surface area (Å²) in [6, 6.07) is 5.83. The van der Waals surface area contributed by atoms with E-state index in [0.717, 1.165) is 6.42 Å². The second-order valence-electron chi connectivity index (χ2n) is 3.92. The second kappa shape index (κ2) is 6.58. The number of nitro benzene ring substituents is 1. The molecule has 6 nitrogen and oxygen atoms in total. The lowest BCUT2D eigenvalue weighted by atomic mass is 10.2. The van der Waals surface area contributed by atoms with Crippen LogP contribution in [0.15, 0.2) is 24.3 Å². The van der Waals surface area contributed by atoms with Gasteiger partial charge in [-0.15, -0.1) is 0 Å². The van der Waals surface area contributed by atoms with Crippen molar-refractivity contribution >= 4 is 11.6 Å². The monoisotopic (exact) mass is 252 g/mol. The third kappa shape index (κ3) is 4.40. The Labute approximate surface area is 105 Å². The van der Waals surface area contributed by atoms with E-state index in [-0.39, 0.29) is 24.2 Å². The number of carbonyl (C=O) groups is 1. The van der Waals surface area contributed by atoms with Crippen LogP contribution in [-0.4, -0.2) is 23.5 Å². The first-order valence-corrected chi connectivity index (χ1v) is 5.69. The first-order chi connectivity index (χ1) is 8.52. The number of benzene rings is 1. The quantitative estimate of drug-likeness (QED) is 0.619. The van der Waals surface area contributed by atoms with Crippen molar-refractivity contribution in [3.05, 3.63) is 34.4 Å². The molecule has 1 rings (SSSR count). The van der Waals surface area contributed by atoms with E-state index in [1.165, 1.54) is 18.2 Å². The smallest absolute Gasteiger partial charge is 0.273 e. The summed E-state index contributed by atoms with van der Waals surface area (Å²) in [6.07, 6.45) is 0.836. The predicted molar refractivity (Wildman–Crippen MR) is 66.5 cm³/mol. The zero-order valence-corrected chi connectivity index (χ0v) is 10.4. The highest BCUT2D eigenvalue weighted by Crippen LogP contribution is 2.18. The minimum Gasteiger partial charge on any atom is -0.484 e. The van der Waals surface area contributed by atoms with Crippen molar-refractivity contribution in [3.8, 4) is 5.75 Å². The van der Waals surface area contributed by atoms with Crippen molar-refractivity contribution in [3.63, 3.8) is 0 Å². The summed E-state index contributed by atoms with van der Waals surface area (Å²) in [5.41, 5.74) is -0.0603. The molecule has 1 aromatic carbocycles. The summed E-state index contributed by atoms with van der Waals surface area (Å²) in [7, 11) is 0. The molecule has 0 aliphatic rings. The van der Waals surface area contributed by atoms with Crippen molar-refractivity contribution in [1.82, 2.24) is 5.32 Å². The number of hydrogen-bond acceptors (Lipinski definition) is 4. The van der Waals surface area contributed by atoms with Gasteiger partial charge in [-0.2, -0.15) is 0 Å². The SMILES string of the molecule is CC[C@H](C)NC(=O)COc1cccc([N+](=O)[O-])c1. The van der Waals surface area contributed by atoms with Crippen LogP contribution in [0.3, 0.4) is 0 Å². The van der Waals surface area contributed by atoms with E-state index in [2.05, 4.69) is 5.32 Å². The number of nitro groups is 1. The van der Waals surface area contributed by atoms with Crippen molar-refractivity contribution in [2.45, 2.75) is 26.3 Å². The van der Waals surface area contributed by atoms with Crippen LogP contribution in [0, 0.1) is 10.1 Å². The number of ether oxygens (including phenoxy) is 1. The first kappa shape index (κ1) is 14.0. The van der Waals surface area contributed by atoms with Crippen LogP contribution in [-0.2, 0) is 4.79 Å². The van der Waals surface area contributed by atoms with E-state index in [1.54, 1.807) is 6.07 Å². The Bertz CT molecular complexity index is 434. The molecule has 1 amide bonds. The Hall–Kier alpha value is -2.11. The van der Waals surface area contributed by atoms with Gasteiger partial charge in [0.1, 0.15) is 5.75 Å². The molecular formula is C12H16N2O4. The van der Waals surface area contributed by atoms with Crippen molar-refractivity contribution in [2.24, 2.45) is 0 Å². The number of non-ortho nitro benzene ring substituents is 1. The fourth-order valence-electron chi connectivity index (χ4n) is 1.25. The molecule has 0 heterocycles. The van der Waals surface area contributed by atoms with Gasteiger partial charge in [0.2, 0.25) is 0 Å². The molecule has 1 N–H and O–H groups in total. The molecule has 1 aromatic rings. The third-order valence-electron chi connectivity index (χ3n) is 2.42. The van der Waals surface area contributed by atoms with Crippen LogP contribution in [0.2, 0.25) is 0 Å². The predicted octanol–water partition coefficient (Wildman–Crippen LogP) is 1.89. The summed E-state index contributed by atoms with van der Waals surface area (Å²) < 4.78 is 5.19. The lowest BCUT2D eigenvalue weighted by Gasteiger charge is -2.11. The van der Waals surface area contributed by atoms with E-state index < -0.39 is 4.92 Å². The van der Waals surface area contributed by atoms with Crippen LogP contribution < -0.4 is 10.1 Å². The first-order valence-electron chi connectivity index (χ1n) is 5.69. The summed E-state index contributed by atoms with van der Waals surface area (Å²) in [6.45, 7) is 3.71. The maximum Gasteiger partial charge on any atom is 0.273 e. The van der Waals surface area contributed by atoms with Gasteiger partial charge < -0.3 is 10.1 Å². The average Bonchev–Trinajstić information content (AvgIpc) is 2.36. The molecule has 0 fully saturated rings. The summed E-state index contributed by atoms with van der Waals surface area (Å²) >= 11 is 0. The summed E-state index contributed by atoms with van der Waals surface area (Å²) in [4.78, 5) is 21.5. The van der Waals surface area contributed by atoms with Gasteiger partial charge in [0, 0.05) is 12.1 Å². The van der Waals surface area contributed by atoms with Gasteiger partial charge in [-0.05, 0) is 19.4 Å². The zero-order valence-electron chi connectivity index (χ0n) is 10.4. The molecule has 0 saturated heterocycles. The molecular weight excluding hydrogens is 236 g/mol. The standard InChI is InChI=1S/C12H16N2O4/c1-3-9(2)13-12(15)8-18-11-6-4-5-10(7-11)14(16)17/h4-7,9H,3,8H2,1-2H3,(H,13,15)/t9-/m0/s1. The average molecular weight is 252 g/mol. The number of rotatable bonds is 6. The van der Waals surface area contributed by atoms with Crippen LogP contribution >= 0.6 is 0 Å². The molecule has 0 aliphatic heterocycles. The topological polar surface area (TPSA) is 81.5 Å². The fourth-order valence-corrected chi connectivity index (χ4v) is 1.25. The highest BCUT2D eigenvalue weighted by Gasteiger charge is 2.09. The van der Waals surface area contributed by atoms with Gasteiger partial charge in [0.05, 0.1) is 11.0 Å². The Morgan fingerprint density at radius 2 is 2.28 bits per heavy atom. The number of nitrogens with zero attached hydrogens (tertiary/aromatic N) is 1. The van der Waals surface area contributed by atoms with E-state index in [0.29, 0.717) is 5.75 Å². The number of amides is 1. The fraction of sp³-hybridized carbons (Fsp3) is 0.417. The second-order valence-corrected chi connectivity index (χ2v) is 3.92. The van der Waals surface area contributed by atoms with E-state index in [4.69, 9.17) is 4.74 Å². The lowest BCUT2D eigenvalue weighted by Crippen LogP contribution is -2.35. The molecule has 0 aromatic heterocycles. The Kier molecular flexibility index (Phi) is 5.10. The summed E-state index contributed by atoms with van der Waals surface area (Å²) in [5.74, 6) is 0.0688. The van der Waals surface area contributed by atoms with Gasteiger partial charge in [-0.3, -0.25) is 14.9 Å². The van der Waals surface area contributed by atoms with Gasteiger partial charge >= 0.3 is 0 Å². The van der Waals surface area contributed by atoms with Crippen molar-refractivity contribution in [2.75, 3.05) is 6.61 Å². The van der Waals surface area contributed by atoms with Gasteiger partial charge in [0.25, 0.3) is 11.6 Å². The third-order valence-corrected chi connectivity index (χ3v) is 2.42. The summed E-state index contributed by atoms with van der Waals surface area (Å²) in [5, 5.41) is 13.3. The molecule has 98 valence electrons. The lowest BCUT2D eigenvalue weighted by molar-refractivity contribution is -0.384. The van der Waals surface area contributed by atoms with Crippen LogP contribution in [0.25, 0.3) is 0 Å². The van der Waals surface area contributed by atoms with E-state index >= 15 is 0 Å². The largest absolute Gasteiger partial charge is 0.484 e. The Balaban J connectivity index is 2.50. The number of hydrogen-bond donors (Lipinski definition) is 1. The maximum absolute atomic E-state index is 11.4. The van der Waals surface area contributed by atoms with Crippen LogP contribution in [0.4, 0.5) is 5.69 Å². The Morgan fingerprint density at radius 3 is 2.89 bits per heavy atom. The number of carbonyl (C=O) groups excluding carboxylic acids is 1. The minimum atomic E-state index is -0.508. The molecule has 0 saturated carbocycles. The highest BCUT2D eigenvalue weighted by molar-refractivity contribution is 5.77. The van der Waals surface area contributed by atoms with Crippen LogP contribution in [0.1, 0.15) is 20.3 Å². The molecule has 18 heavy (non-hydrogen) atoms. The van der Waals surface area contributed by atoms with Crippen LogP contribution in [0.5, 0.6) is 5.75 Å². The van der Waals surface area contributed by atoms with Gasteiger partial charge in [0.15, 0.2) is 6.61 Å². The normalized spacial score (nSPS) is 11.7. The highest BCUT2D eigenvalue weighted by atomic mass is 16.6. The molecule has 0 spiro atoms. The molecule has 1 atom stereocenters. The van der Waals surface area contributed by atoms with Gasteiger partial charge in [-0.1, -0.05) is 13.0 Å². The molecule has 0 unspecified atom stereocenters. The maximum atomic E-state index is 11.4. The van der Waals surface area contributed by atoms with Gasteiger partial charge in [-0.25, -0.2) is 0 Å². The molecule has 0 bridgehead atoms. The molecule has 6 heteroatoms. The molecule has 0 aliphatic carbocycles.